The lowest BCUT2D eigenvalue weighted by atomic mass is 9.92. The fourth-order valence-electron chi connectivity index (χ4n) is 4.77. The number of halogens is 3. The third-order valence-electron chi connectivity index (χ3n) is 7.33. The number of carboxylic acids is 1. The molecule has 2 aromatic carbocycles. The highest BCUT2D eigenvalue weighted by atomic mass is 32.2. The van der Waals surface area contributed by atoms with Crippen molar-refractivity contribution in [2.24, 2.45) is 0 Å². The molecule has 0 saturated carbocycles. The Morgan fingerprint density at radius 3 is 2.43 bits per heavy atom. The molecule has 4 rings (SSSR count). The summed E-state index contributed by atoms with van der Waals surface area (Å²) < 4.78 is 72.8. The molecule has 1 unspecified atom stereocenters. The van der Waals surface area contributed by atoms with Crippen molar-refractivity contribution in [3.05, 3.63) is 94.8 Å². The maximum atomic E-state index is 13.8. The second-order valence-electron chi connectivity index (χ2n) is 10.5. The number of rotatable bonds is 12. The van der Waals surface area contributed by atoms with E-state index in [-0.39, 0.29) is 18.3 Å². The number of alkyl halides is 3. The summed E-state index contributed by atoms with van der Waals surface area (Å²) in [5.74, 6) is -1.29. The van der Waals surface area contributed by atoms with Crippen molar-refractivity contribution in [2.75, 3.05) is 19.8 Å². The first kappa shape index (κ1) is 32.7. The first-order valence-electron chi connectivity index (χ1n) is 13.8. The molecule has 0 bridgehead atoms. The molecule has 2 aromatic heterocycles. The van der Waals surface area contributed by atoms with E-state index in [2.05, 4.69) is 17.0 Å². The number of aryl methyl sites for hydroxylation is 1. The van der Waals surface area contributed by atoms with Crippen molar-refractivity contribution in [3.8, 4) is 22.8 Å². The van der Waals surface area contributed by atoms with Crippen LogP contribution in [0.25, 0.3) is 17.1 Å². The molecule has 0 radical (unpaired) electrons. The van der Waals surface area contributed by atoms with Crippen molar-refractivity contribution in [2.45, 2.75) is 45.4 Å². The molecular formula is C31H33F3N4O5S. The lowest BCUT2D eigenvalue weighted by molar-refractivity contribution is -0.143. The highest BCUT2D eigenvalue weighted by Crippen LogP contribution is 2.35. The Kier molecular flexibility index (Phi) is 9.79. The Morgan fingerprint density at radius 1 is 1.11 bits per heavy atom. The predicted molar refractivity (Wildman–Crippen MR) is 159 cm³/mol. The number of carbonyl (C=O) groups is 1. The summed E-state index contributed by atoms with van der Waals surface area (Å²) in [7, 11) is -1.67. The third kappa shape index (κ3) is 7.64. The van der Waals surface area contributed by atoms with Crippen LogP contribution in [-0.4, -0.2) is 58.4 Å². The minimum absolute atomic E-state index is 0.190. The van der Waals surface area contributed by atoms with E-state index in [0.717, 1.165) is 23.1 Å². The number of nitrogens with zero attached hydrogens (tertiary/aromatic N) is 4. The Morgan fingerprint density at radius 2 is 1.82 bits per heavy atom. The number of aromatic carboxylic acids is 1. The van der Waals surface area contributed by atoms with Gasteiger partial charge >= 0.3 is 12.1 Å². The van der Waals surface area contributed by atoms with Gasteiger partial charge in [-0.2, -0.15) is 18.3 Å². The fourth-order valence-corrected chi connectivity index (χ4v) is 5.21. The van der Waals surface area contributed by atoms with Gasteiger partial charge in [0.1, 0.15) is 17.9 Å². The molecule has 0 saturated heterocycles. The Hall–Kier alpha value is -4.23. The fraction of sp³-hybridized carbons (Fsp3) is 0.323. The van der Waals surface area contributed by atoms with Crippen molar-refractivity contribution in [3.63, 3.8) is 0 Å². The maximum Gasteiger partial charge on any atom is 0.434 e. The lowest BCUT2D eigenvalue weighted by Crippen LogP contribution is -2.27. The van der Waals surface area contributed by atoms with Gasteiger partial charge < -0.3 is 9.84 Å². The molecule has 234 valence electrons. The van der Waals surface area contributed by atoms with E-state index in [4.69, 9.17) is 4.74 Å². The monoisotopic (exact) mass is 630 g/mol. The first-order chi connectivity index (χ1) is 20.7. The number of hydrogen-bond acceptors (Lipinski definition) is 6. The van der Waals surface area contributed by atoms with Crippen LogP contribution in [-0.2, 0) is 22.8 Å². The zero-order valence-corrected chi connectivity index (χ0v) is 25.5. The summed E-state index contributed by atoms with van der Waals surface area (Å²) in [6.07, 6.45) is -1.58. The summed E-state index contributed by atoms with van der Waals surface area (Å²) in [4.78, 5) is 15.8. The number of pyridine rings is 1. The molecule has 0 aliphatic carbocycles. The van der Waals surface area contributed by atoms with Gasteiger partial charge in [-0.25, -0.2) is 27.2 Å². The van der Waals surface area contributed by atoms with Gasteiger partial charge in [-0.3, -0.25) is 0 Å². The number of ether oxygens (including phenoxy) is 1. The van der Waals surface area contributed by atoms with E-state index < -0.39 is 33.4 Å². The van der Waals surface area contributed by atoms with Crippen LogP contribution in [0.15, 0.2) is 66.9 Å². The Bertz CT molecular complexity index is 1740. The van der Waals surface area contributed by atoms with Crippen LogP contribution in [0.3, 0.4) is 0 Å². The Balaban J connectivity index is 1.55. The van der Waals surface area contributed by atoms with Crippen molar-refractivity contribution in [1.29, 1.82) is 0 Å². The second kappa shape index (κ2) is 13.2. The number of carboxylic acid groups (broad SMARTS) is 1. The van der Waals surface area contributed by atoms with E-state index in [9.17, 15) is 31.5 Å². The number of sulfonamides is 1. The summed E-state index contributed by atoms with van der Waals surface area (Å²) in [5.41, 5.74) is 1.33. The predicted octanol–water partition coefficient (Wildman–Crippen LogP) is 6.31. The zero-order valence-electron chi connectivity index (χ0n) is 24.7. The molecule has 0 fully saturated rings. The van der Waals surface area contributed by atoms with Crippen molar-refractivity contribution < 1.29 is 36.2 Å². The topological polar surface area (TPSA) is 115 Å². The van der Waals surface area contributed by atoms with Crippen LogP contribution in [0, 0.1) is 6.92 Å². The second-order valence-corrected chi connectivity index (χ2v) is 12.6. The molecular weight excluding hydrogens is 597 g/mol. The van der Waals surface area contributed by atoms with Gasteiger partial charge in [-0.05, 0) is 61.1 Å². The van der Waals surface area contributed by atoms with Gasteiger partial charge in [0.05, 0.1) is 18.1 Å². The molecule has 0 aliphatic rings. The van der Waals surface area contributed by atoms with Crippen molar-refractivity contribution in [1.82, 2.24) is 19.1 Å². The number of benzene rings is 2. The van der Waals surface area contributed by atoms with E-state index in [1.807, 2.05) is 37.3 Å². The van der Waals surface area contributed by atoms with Crippen LogP contribution in [0.5, 0.6) is 5.75 Å². The normalized spacial score (nSPS) is 12.8. The van der Waals surface area contributed by atoms with E-state index in [1.54, 1.807) is 25.2 Å². The van der Waals surface area contributed by atoms with Gasteiger partial charge in [-0.1, -0.05) is 48.9 Å². The lowest BCUT2D eigenvalue weighted by Gasteiger charge is -2.20. The van der Waals surface area contributed by atoms with Crippen molar-refractivity contribution >= 4 is 16.0 Å². The Labute approximate surface area is 254 Å². The molecule has 1 atom stereocenters. The summed E-state index contributed by atoms with van der Waals surface area (Å²) >= 11 is 0. The summed E-state index contributed by atoms with van der Waals surface area (Å²) in [6, 6.07) is 17.8. The van der Waals surface area contributed by atoms with E-state index in [0.29, 0.717) is 40.9 Å². The molecule has 2 heterocycles. The number of hydrogen-bond donors (Lipinski definition) is 1. The SMILES string of the molecule is CCC(CCN(C)S(C)(=O)=O)c1ccc(COc2ccc(C)cc2-c2cccc(-n3ncc(C(=O)O)c3C(F)(F)F)n2)cc1. The minimum Gasteiger partial charge on any atom is -0.488 e. The quantitative estimate of drug-likeness (QED) is 0.195. The molecule has 4 aromatic rings. The number of aromatic nitrogens is 3. The molecule has 13 heteroatoms. The van der Waals surface area contributed by atoms with Gasteiger partial charge in [0, 0.05) is 19.2 Å². The van der Waals surface area contributed by atoms with Crippen LogP contribution in [0.2, 0.25) is 0 Å². The minimum atomic E-state index is -4.97. The molecule has 44 heavy (non-hydrogen) atoms. The maximum absolute atomic E-state index is 13.8. The van der Waals surface area contributed by atoms with Crippen LogP contribution < -0.4 is 4.74 Å². The molecule has 0 aliphatic heterocycles. The molecule has 0 amide bonds. The molecule has 0 spiro atoms. The van der Waals surface area contributed by atoms with E-state index >= 15 is 0 Å². The highest BCUT2D eigenvalue weighted by molar-refractivity contribution is 7.88. The smallest absolute Gasteiger partial charge is 0.434 e. The van der Waals surface area contributed by atoms with Crippen LogP contribution in [0.4, 0.5) is 13.2 Å². The van der Waals surface area contributed by atoms with Crippen LogP contribution >= 0.6 is 0 Å². The average molecular weight is 631 g/mol. The standard InChI is InChI=1S/C31H33F3N4O5S/c1-5-22(15-16-37(3)44(4,41)42)23-12-10-21(11-13-23)19-43-27-14-9-20(2)17-24(27)26-7-6-8-28(36-26)38-29(31(32,33)34)25(18-35-38)30(39)40/h6-14,17-18,22H,5,15-16,19H2,1-4H3,(H,39,40). The highest BCUT2D eigenvalue weighted by Gasteiger charge is 2.41. The molecule has 1 N–H and O–H groups in total. The van der Waals surface area contributed by atoms with Crippen LogP contribution in [0.1, 0.15) is 58.4 Å². The summed E-state index contributed by atoms with van der Waals surface area (Å²) in [5, 5.41) is 12.9. The average Bonchev–Trinajstić information content (AvgIpc) is 3.44. The van der Waals surface area contributed by atoms with Gasteiger partial charge in [0.15, 0.2) is 11.5 Å². The van der Waals surface area contributed by atoms with Gasteiger partial charge in [0.25, 0.3) is 0 Å². The zero-order chi connectivity index (χ0) is 32.2. The largest absolute Gasteiger partial charge is 0.488 e. The van der Waals surface area contributed by atoms with E-state index in [1.165, 1.54) is 22.7 Å². The molecule has 9 nitrogen and oxygen atoms in total. The van der Waals surface area contributed by atoms with Gasteiger partial charge in [0.2, 0.25) is 10.0 Å². The first-order valence-corrected chi connectivity index (χ1v) is 15.6. The summed E-state index contributed by atoms with van der Waals surface area (Å²) in [6.45, 7) is 4.56. The van der Waals surface area contributed by atoms with Gasteiger partial charge in [-0.15, -0.1) is 0 Å². The third-order valence-corrected chi connectivity index (χ3v) is 8.64.